The van der Waals surface area contributed by atoms with Crippen molar-refractivity contribution in [3.05, 3.63) is 106 Å². The number of benzene rings is 4. The van der Waals surface area contributed by atoms with Gasteiger partial charge in [-0.25, -0.2) is 8.78 Å². The van der Waals surface area contributed by atoms with Gasteiger partial charge >= 0.3 is 0 Å². The van der Waals surface area contributed by atoms with Gasteiger partial charge in [0, 0.05) is 49.9 Å². The largest absolute Gasteiger partial charge is 0.367 e. The number of hydrogen-bond donors (Lipinski definition) is 1. The molecule has 0 saturated carbocycles. The Hall–Kier alpha value is -5.14. The van der Waals surface area contributed by atoms with E-state index in [0.717, 1.165) is 36.3 Å². The van der Waals surface area contributed by atoms with Crippen molar-refractivity contribution in [1.82, 2.24) is 10.2 Å². The zero-order valence-electron chi connectivity index (χ0n) is 24.4. The lowest BCUT2D eigenvalue weighted by Gasteiger charge is -2.36. The molecule has 4 aromatic rings. The first-order valence-corrected chi connectivity index (χ1v) is 15.0. The van der Waals surface area contributed by atoms with Crippen molar-refractivity contribution in [3.63, 3.8) is 0 Å². The van der Waals surface area contributed by atoms with Gasteiger partial charge in [0.2, 0.25) is 11.8 Å². The number of carbonyl (C=O) groups is 3. The molecule has 10 heteroatoms. The Bertz CT molecular complexity index is 1910. The first-order valence-electron chi connectivity index (χ1n) is 15.0. The number of halogens is 2. The summed E-state index contributed by atoms with van der Waals surface area (Å²) in [5.74, 6) is -2.06. The number of nitrogens with zero attached hydrogens (tertiary/aromatic N) is 4. The summed E-state index contributed by atoms with van der Waals surface area (Å²) in [5.41, 5.74) is 4.53. The van der Waals surface area contributed by atoms with Crippen LogP contribution in [0.3, 0.4) is 0 Å². The molecule has 3 heterocycles. The van der Waals surface area contributed by atoms with Gasteiger partial charge in [-0.3, -0.25) is 29.5 Å². The van der Waals surface area contributed by atoms with Crippen molar-refractivity contribution in [2.45, 2.75) is 31.8 Å². The second-order valence-corrected chi connectivity index (χ2v) is 11.8. The Labute approximate surface area is 258 Å². The second-order valence-electron chi connectivity index (χ2n) is 11.8. The van der Waals surface area contributed by atoms with Crippen molar-refractivity contribution in [2.75, 3.05) is 36.0 Å². The molecule has 8 nitrogen and oxygen atoms in total. The van der Waals surface area contributed by atoms with E-state index in [1.165, 1.54) is 23.1 Å². The minimum absolute atomic E-state index is 0.136. The van der Waals surface area contributed by atoms with Crippen LogP contribution in [0.4, 0.5) is 20.2 Å². The Balaban J connectivity index is 1.05. The molecule has 45 heavy (non-hydrogen) atoms. The summed E-state index contributed by atoms with van der Waals surface area (Å²) in [6, 6.07) is 20.3. The molecule has 1 atom stereocenters. The maximum atomic E-state index is 15.4. The van der Waals surface area contributed by atoms with E-state index >= 15 is 4.39 Å². The number of nitrogens with one attached hydrogen (secondary N) is 1. The van der Waals surface area contributed by atoms with Gasteiger partial charge in [-0.1, -0.05) is 30.3 Å². The third kappa shape index (κ3) is 5.19. The lowest BCUT2D eigenvalue weighted by Crippen LogP contribution is -2.53. The normalized spacial score (nSPS) is 18.4. The lowest BCUT2D eigenvalue weighted by molar-refractivity contribution is -0.134. The van der Waals surface area contributed by atoms with Crippen LogP contribution in [0.1, 0.15) is 45.5 Å². The maximum absolute atomic E-state index is 15.4. The third-order valence-corrected chi connectivity index (χ3v) is 9.02. The fourth-order valence-electron chi connectivity index (χ4n) is 6.73. The molecule has 2 fully saturated rings. The number of nitriles is 1. The monoisotopic (exact) mass is 605 g/mol. The topological polar surface area (TPSA) is 96.8 Å². The van der Waals surface area contributed by atoms with Gasteiger partial charge < -0.3 is 4.90 Å². The smallest absolute Gasteiger partial charge is 0.259 e. The predicted molar refractivity (Wildman–Crippen MR) is 165 cm³/mol. The molecule has 1 N–H and O–H groups in total. The maximum Gasteiger partial charge on any atom is 0.259 e. The first-order chi connectivity index (χ1) is 21.8. The zero-order valence-corrected chi connectivity index (χ0v) is 24.4. The standard InChI is InChI=1S/C35H29F2N5O3/c36-26-8-7-25-33-29(42(35(25)45)30-11-12-31(43)39-34(30)44)10-6-24(32(26)33)17-21-1-3-22(4-2-21)20-40-13-15-41(16-14-40)28-9-5-23(19-38)18-27(28)37/h1-10,18,30H,11-17,20H2,(H,39,43,44). The summed E-state index contributed by atoms with van der Waals surface area (Å²) in [4.78, 5) is 43.4. The predicted octanol–water partition coefficient (Wildman–Crippen LogP) is 4.67. The molecule has 3 aliphatic rings. The Morgan fingerprint density at radius 2 is 1.56 bits per heavy atom. The molecular weight excluding hydrogens is 576 g/mol. The van der Waals surface area contributed by atoms with Crippen LogP contribution in [0.15, 0.2) is 66.7 Å². The number of piperazine rings is 1. The van der Waals surface area contributed by atoms with Crippen LogP contribution >= 0.6 is 0 Å². The zero-order chi connectivity index (χ0) is 31.2. The van der Waals surface area contributed by atoms with Gasteiger partial charge in [-0.05, 0) is 65.9 Å². The van der Waals surface area contributed by atoms with Crippen LogP contribution in [0.25, 0.3) is 10.8 Å². The van der Waals surface area contributed by atoms with Gasteiger partial charge in [0.25, 0.3) is 5.91 Å². The lowest BCUT2D eigenvalue weighted by atomic mass is 9.95. The summed E-state index contributed by atoms with van der Waals surface area (Å²) >= 11 is 0. The number of imide groups is 1. The van der Waals surface area contributed by atoms with Crippen LogP contribution in [0.2, 0.25) is 0 Å². The van der Waals surface area contributed by atoms with Crippen molar-refractivity contribution >= 4 is 39.9 Å². The van der Waals surface area contributed by atoms with Gasteiger partial charge in [-0.2, -0.15) is 5.26 Å². The number of piperidine rings is 1. The average Bonchev–Trinajstić information content (AvgIpc) is 3.32. The number of rotatable bonds is 6. The highest BCUT2D eigenvalue weighted by Gasteiger charge is 2.41. The van der Waals surface area contributed by atoms with E-state index < -0.39 is 17.8 Å². The molecule has 7 rings (SSSR count). The fourth-order valence-corrected chi connectivity index (χ4v) is 6.73. The van der Waals surface area contributed by atoms with Crippen LogP contribution in [-0.2, 0) is 22.6 Å². The minimum atomic E-state index is -0.827. The van der Waals surface area contributed by atoms with Gasteiger partial charge in [0.1, 0.15) is 17.7 Å². The van der Waals surface area contributed by atoms with Crippen LogP contribution in [0.5, 0.6) is 0 Å². The van der Waals surface area contributed by atoms with E-state index in [1.807, 2.05) is 29.2 Å². The van der Waals surface area contributed by atoms with Crippen molar-refractivity contribution < 1.29 is 23.2 Å². The number of anilines is 2. The summed E-state index contributed by atoms with van der Waals surface area (Å²) in [5, 5.41) is 12.2. The van der Waals surface area contributed by atoms with Crippen molar-refractivity contribution in [1.29, 1.82) is 5.26 Å². The van der Waals surface area contributed by atoms with Gasteiger partial charge in [-0.15, -0.1) is 0 Å². The minimum Gasteiger partial charge on any atom is -0.367 e. The molecule has 2 saturated heterocycles. The highest BCUT2D eigenvalue weighted by Crippen LogP contribution is 2.42. The summed E-state index contributed by atoms with van der Waals surface area (Å²) < 4.78 is 29.9. The molecule has 0 radical (unpaired) electrons. The van der Waals surface area contributed by atoms with E-state index in [1.54, 1.807) is 18.2 Å². The number of hydrogen-bond acceptors (Lipinski definition) is 6. The Kier molecular flexibility index (Phi) is 7.26. The molecule has 0 aliphatic carbocycles. The first kappa shape index (κ1) is 28.6. The van der Waals surface area contributed by atoms with Crippen molar-refractivity contribution in [3.8, 4) is 6.07 Å². The van der Waals surface area contributed by atoms with Crippen LogP contribution in [0, 0.1) is 23.0 Å². The van der Waals surface area contributed by atoms with E-state index in [9.17, 15) is 18.8 Å². The molecule has 1 unspecified atom stereocenters. The average molecular weight is 606 g/mol. The molecular formula is C35H29F2N5O3. The second kappa shape index (κ2) is 11.4. The number of amides is 3. The summed E-state index contributed by atoms with van der Waals surface area (Å²) in [7, 11) is 0. The highest BCUT2D eigenvalue weighted by molar-refractivity contribution is 6.27. The van der Waals surface area contributed by atoms with Gasteiger partial charge in [0.15, 0.2) is 0 Å². The molecule has 4 aromatic carbocycles. The van der Waals surface area contributed by atoms with Crippen LogP contribution < -0.4 is 15.1 Å². The highest BCUT2D eigenvalue weighted by atomic mass is 19.1. The fraction of sp³-hybridized carbons (Fsp3) is 0.257. The summed E-state index contributed by atoms with van der Waals surface area (Å²) in [6.45, 7) is 3.66. The third-order valence-electron chi connectivity index (χ3n) is 9.02. The quantitative estimate of drug-likeness (QED) is 0.321. The molecule has 3 amide bonds. The van der Waals surface area contributed by atoms with Crippen LogP contribution in [-0.4, -0.2) is 54.8 Å². The van der Waals surface area contributed by atoms with Crippen molar-refractivity contribution in [2.24, 2.45) is 0 Å². The van der Waals surface area contributed by atoms with Gasteiger partial charge in [0.05, 0.1) is 28.6 Å². The van der Waals surface area contributed by atoms with E-state index in [-0.39, 0.29) is 30.5 Å². The molecule has 226 valence electrons. The molecule has 0 spiro atoms. The van der Waals surface area contributed by atoms with E-state index in [0.29, 0.717) is 52.8 Å². The molecule has 3 aliphatic heterocycles. The van der Waals surface area contributed by atoms with E-state index in [4.69, 9.17) is 5.26 Å². The van der Waals surface area contributed by atoms with E-state index in [2.05, 4.69) is 22.3 Å². The Morgan fingerprint density at radius 1 is 0.822 bits per heavy atom. The summed E-state index contributed by atoms with van der Waals surface area (Å²) in [6.07, 6.45) is 0.809. The molecule has 0 aromatic heterocycles. The number of carbonyl (C=O) groups excluding carboxylic acids is 3. The molecule has 0 bridgehead atoms. The SMILES string of the molecule is N#Cc1ccc(N2CCN(Cc3ccc(Cc4ccc5c6c(ccc(F)c46)C(=O)N5C4CCC(=O)NC4=O)cc3)CC2)c(F)c1. The Morgan fingerprint density at radius 3 is 2.27 bits per heavy atom.